The number of hydrogen-bond donors (Lipinski definition) is 1. The summed E-state index contributed by atoms with van der Waals surface area (Å²) >= 11 is 0. The van der Waals surface area contributed by atoms with Gasteiger partial charge in [-0.3, -0.25) is 4.98 Å². The van der Waals surface area contributed by atoms with E-state index in [1.165, 1.54) is 0 Å². The molecule has 98 valence electrons. The maximum atomic E-state index is 11.2. The maximum absolute atomic E-state index is 11.2. The van der Waals surface area contributed by atoms with Crippen molar-refractivity contribution in [3.63, 3.8) is 0 Å². The van der Waals surface area contributed by atoms with Crippen molar-refractivity contribution >= 4 is 5.97 Å². The van der Waals surface area contributed by atoms with Crippen molar-refractivity contribution in [2.24, 2.45) is 0 Å². The standard InChI is InChI=1S/C16H17NO2/c1-10(2)15-13(16(18)19)7-8-14(17-15)12-6-4-5-11(3)9-12/h4-10H,1-3H3,(H,18,19). The van der Waals surface area contributed by atoms with Crippen molar-refractivity contribution in [2.75, 3.05) is 0 Å². The van der Waals surface area contributed by atoms with Gasteiger partial charge in [-0.05, 0) is 31.0 Å². The third kappa shape index (κ3) is 2.81. The number of benzene rings is 1. The predicted octanol–water partition coefficient (Wildman–Crippen LogP) is 3.88. The lowest BCUT2D eigenvalue weighted by atomic mass is 10.0. The van der Waals surface area contributed by atoms with E-state index < -0.39 is 5.97 Å². The van der Waals surface area contributed by atoms with Crippen molar-refractivity contribution in [3.8, 4) is 11.3 Å². The summed E-state index contributed by atoms with van der Waals surface area (Å²) in [5.74, 6) is -0.845. The van der Waals surface area contributed by atoms with Crippen LogP contribution in [0.2, 0.25) is 0 Å². The third-order valence-electron chi connectivity index (χ3n) is 3.02. The molecule has 0 saturated heterocycles. The average Bonchev–Trinajstić information content (AvgIpc) is 2.37. The molecule has 0 spiro atoms. The van der Waals surface area contributed by atoms with E-state index in [1.54, 1.807) is 12.1 Å². The number of carboxylic acids is 1. The molecule has 0 unspecified atom stereocenters. The molecule has 1 heterocycles. The first-order valence-electron chi connectivity index (χ1n) is 6.30. The third-order valence-corrected chi connectivity index (χ3v) is 3.02. The summed E-state index contributed by atoms with van der Waals surface area (Å²) in [5.41, 5.74) is 3.90. The van der Waals surface area contributed by atoms with E-state index in [2.05, 4.69) is 4.98 Å². The second kappa shape index (κ2) is 5.22. The average molecular weight is 255 g/mol. The van der Waals surface area contributed by atoms with Crippen LogP contribution in [0.5, 0.6) is 0 Å². The monoisotopic (exact) mass is 255 g/mol. The fourth-order valence-electron chi connectivity index (χ4n) is 2.06. The molecule has 0 bridgehead atoms. The zero-order valence-corrected chi connectivity index (χ0v) is 11.3. The van der Waals surface area contributed by atoms with Crippen molar-refractivity contribution in [2.45, 2.75) is 26.7 Å². The Balaban J connectivity index is 2.55. The number of carboxylic acid groups (broad SMARTS) is 1. The molecule has 1 aromatic carbocycles. The van der Waals surface area contributed by atoms with E-state index >= 15 is 0 Å². The number of aryl methyl sites for hydroxylation is 1. The molecule has 0 amide bonds. The van der Waals surface area contributed by atoms with Crippen molar-refractivity contribution in [1.29, 1.82) is 0 Å². The first-order chi connectivity index (χ1) is 8.99. The van der Waals surface area contributed by atoms with Gasteiger partial charge in [-0.1, -0.05) is 37.6 Å². The minimum Gasteiger partial charge on any atom is -0.478 e. The maximum Gasteiger partial charge on any atom is 0.337 e. The zero-order valence-electron chi connectivity index (χ0n) is 11.3. The van der Waals surface area contributed by atoms with Crippen molar-refractivity contribution in [1.82, 2.24) is 4.98 Å². The molecule has 1 aromatic heterocycles. The normalized spacial score (nSPS) is 10.7. The molecular formula is C16H17NO2. The van der Waals surface area contributed by atoms with E-state index in [0.717, 1.165) is 16.8 Å². The topological polar surface area (TPSA) is 50.2 Å². The summed E-state index contributed by atoms with van der Waals surface area (Å²) in [5, 5.41) is 9.18. The number of rotatable bonds is 3. The van der Waals surface area contributed by atoms with Crippen LogP contribution in [-0.4, -0.2) is 16.1 Å². The molecule has 2 aromatic rings. The van der Waals surface area contributed by atoms with Gasteiger partial charge in [-0.25, -0.2) is 4.79 Å². The van der Waals surface area contributed by atoms with Gasteiger partial charge in [0.15, 0.2) is 0 Å². The molecule has 0 saturated carbocycles. The highest BCUT2D eigenvalue weighted by Crippen LogP contribution is 2.24. The second-order valence-electron chi connectivity index (χ2n) is 4.96. The van der Waals surface area contributed by atoms with E-state index in [0.29, 0.717) is 5.69 Å². The van der Waals surface area contributed by atoms with Gasteiger partial charge < -0.3 is 5.11 Å². The molecule has 0 aliphatic rings. The second-order valence-corrected chi connectivity index (χ2v) is 4.96. The Bertz CT molecular complexity index is 618. The number of carbonyl (C=O) groups is 1. The van der Waals surface area contributed by atoms with Crippen molar-refractivity contribution in [3.05, 3.63) is 53.2 Å². The number of hydrogen-bond acceptors (Lipinski definition) is 2. The Kier molecular flexibility index (Phi) is 3.65. The van der Waals surface area contributed by atoms with Gasteiger partial charge in [0, 0.05) is 5.56 Å². The van der Waals surface area contributed by atoms with Gasteiger partial charge in [-0.15, -0.1) is 0 Å². The quantitative estimate of drug-likeness (QED) is 0.905. The Labute approximate surface area is 112 Å². The van der Waals surface area contributed by atoms with Crippen LogP contribution in [0.1, 0.15) is 41.4 Å². The van der Waals surface area contributed by atoms with Crippen LogP contribution in [-0.2, 0) is 0 Å². The SMILES string of the molecule is Cc1cccc(-c2ccc(C(=O)O)c(C(C)C)n2)c1. The summed E-state index contributed by atoms with van der Waals surface area (Å²) in [7, 11) is 0. The van der Waals surface area contributed by atoms with Gasteiger partial charge in [-0.2, -0.15) is 0 Å². The number of nitrogens with zero attached hydrogens (tertiary/aromatic N) is 1. The summed E-state index contributed by atoms with van der Waals surface area (Å²) < 4.78 is 0. The predicted molar refractivity (Wildman–Crippen MR) is 75.5 cm³/mol. The van der Waals surface area contributed by atoms with Gasteiger partial charge in [0.1, 0.15) is 0 Å². The Morgan fingerprint density at radius 3 is 2.53 bits per heavy atom. The molecule has 1 N–H and O–H groups in total. The highest BCUT2D eigenvalue weighted by atomic mass is 16.4. The molecule has 0 radical (unpaired) electrons. The first kappa shape index (κ1) is 13.3. The van der Waals surface area contributed by atoms with E-state index in [1.807, 2.05) is 45.0 Å². The van der Waals surface area contributed by atoms with E-state index in [-0.39, 0.29) is 11.5 Å². The molecular weight excluding hydrogens is 238 g/mol. The van der Waals surface area contributed by atoms with Gasteiger partial charge in [0.2, 0.25) is 0 Å². The first-order valence-corrected chi connectivity index (χ1v) is 6.30. The number of pyridine rings is 1. The molecule has 3 nitrogen and oxygen atoms in total. The van der Waals surface area contributed by atoms with Gasteiger partial charge >= 0.3 is 5.97 Å². The van der Waals surface area contributed by atoms with E-state index in [4.69, 9.17) is 0 Å². The highest BCUT2D eigenvalue weighted by molar-refractivity contribution is 5.89. The molecule has 2 rings (SSSR count). The summed E-state index contributed by atoms with van der Waals surface area (Å²) in [6.07, 6.45) is 0. The lowest BCUT2D eigenvalue weighted by molar-refractivity contribution is 0.0694. The van der Waals surface area contributed by atoms with Gasteiger partial charge in [0.05, 0.1) is 17.0 Å². The molecule has 0 fully saturated rings. The molecule has 3 heteroatoms. The van der Waals surface area contributed by atoms with Crippen LogP contribution in [0.3, 0.4) is 0 Å². The van der Waals surface area contributed by atoms with Crippen molar-refractivity contribution < 1.29 is 9.90 Å². The number of aromatic carboxylic acids is 1. The molecule has 19 heavy (non-hydrogen) atoms. The summed E-state index contributed by atoms with van der Waals surface area (Å²) in [4.78, 5) is 15.7. The molecule has 0 aliphatic carbocycles. The molecule has 0 aliphatic heterocycles. The largest absolute Gasteiger partial charge is 0.478 e. The fourth-order valence-corrected chi connectivity index (χ4v) is 2.06. The van der Waals surface area contributed by atoms with Crippen LogP contribution in [0.15, 0.2) is 36.4 Å². The highest BCUT2D eigenvalue weighted by Gasteiger charge is 2.15. The minimum atomic E-state index is -0.924. The number of aromatic nitrogens is 1. The Hall–Kier alpha value is -2.16. The fraction of sp³-hybridized carbons (Fsp3) is 0.250. The Morgan fingerprint density at radius 1 is 1.21 bits per heavy atom. The van der Waals surface area contributed by atoms with Crippen LogP contribution < -0.4 is 0 Å². The van der Waals surface area contributed by atoms with E-state index in [9.17, 15) is 9.90 Å². The Morgan fingerprint density at radius 2 is 1.95 bits per heavy atom. The van der Waals surface area contributed by atoms with Crippen LogP contribution in [0.4, 0.5) is 0 Å². The lowest BCUT2D eigenvalue weighted by Gasteiger charge is -2.11. The summed E-state index contributed by atoms with van der Waals surface area (Å²) in [6, 6.07) is 11.4. The lowest BCUT2D eigenvalue weighted by Crippen LogP contribution is -2.07. The zero-order chi connectivity index (χ0) is 14.0. The molecule has 0 atom stereocenters. The van der Waals surface area contributed by atoms with Gasteiger partial charge in [0.25, 0.3) is 0 Å². The summed E-state index contributed by atoms with van der Waals surface area (Å²) in [6.45, 7) is 5.93. The van der Waals surface area contributed by atoms with Crippen LogP contribution in [0, 0.1) is 6.92 Å². The minimum absolute atomic E-state index is 0.0795. The smallest absolute Gasteiger partial charge is 0.337 e. The van der Waals surface area contributed by atoms with Crippen LogP contribution in [0.25, 0.3) is 11.3 Å². The van der Waals surface area contributed by atoms with Crippen LogP contribution >= 0.6 is 0 Å².